The van der Waals surface area contributed by atoms with Crippen LogP contribution in [0.3, 0.4) is 0 Å². The van der Waals surface area contributed by atoms with Crippen molar-refractivity contribution in [3.05, 3.63) is 29.8 Å². The molecule has 0 aromatic heterocycles. The van der Waals surface area contributed by atoms with Gasteiger partial charge in [-0.25, -0.2) is 4.79 Å². The standard InChI is InChI=1S/C26H40N4O6/c1-5-16(4)22(26(35)36)29-24(33)21-7-6-12-30(21)25(34)20(14-17-8-10-18(31)11-9-17)28-23(32)19(27)13-15(2)3/h8-11,15-16,19-22,31H,5-7,12-14,27H2,1-4H3,(H,28,32)(H,29,33)(H,35,36). The first-order valence-corrected chi connectivity index (χ1v) is 12.6. The molecule has 6 N–H and O–H groups in total. The van der Waals surface area contributed by atoms with Gasteiger partial charge >= 0.3 is 5.97 Å². The Kier molecular flexibility index (Phi) is 10.7. The third-order valence-corrected chi connectivity index (χ3v) is 6.67. The summed E-state index contributed by atoms with van der Waals surface area (Å²) in [6.07, 6.45) is 2.15. The number of carbonyl (C=O) groups excluding carboxylic acids is 3. The number of benzene rings is 1. The highest BCUT2D eigenvalue weighted by Gasteiger charge is 2.39. The summed E-state index contributed by atoms with van der Waals surface area (Å²) in [7, 11) is 0. The van der Waals surface area contributed by atoms with E-state index in [2.05, 4.69) is 10.6 Å². The number of phenols is 1. The number of carboxylic acid groups (broad SMARTS) is 1. The van der Waals surface area contributed by atoms with Crippen molar-refractivity contribution in [1.82, 2.24) is 15.5 Å². The van der Waals surface area contributed by atoms with E-state index in [1.807, 2.05) is 20.8 Å². The highest BCUT2D eigenvalue weighted by molar-refractivity contribution is 5.94. The molecule has 3 amide bonds. The van der Waals surface area contributed by atoms with E-state index < -0.39 is 47.9 Å². The van der Waals surface area contributed by atoms with E-state index in [0.717, 1.165) is 0 Å². The van der Waals surface area contributed by atoms with E-state index >= 15 is 0 Å². The molecule has 1 aliphatic rings. The second-order valence-corrected chi connectivity index (χ2v) is 10.1. The highest BCUT2D eigenvalue weighted by atomic mass is 16.4. The fraction of sp³-hybridized carbons (Fsp3) is 0.615. The molecular weight excluding hydrogens is 464 g/mol. The lowest BCUT2D eigenvalue weighted by Gasteiger charge is -2.31. The first kappa shape index (κ1) is 29.1. The first-order chi connectivity index (χ1) is 16.9. The third kappa shape index (κ3) is 7.94. The van der Waals surface area contributed by atoms with Crippen LogP contribution in [-0.2, 0) is 25.6 Å². The molecule has 10 heteroatoms. The Labute approximate surface area is 212 Å². The number of carboxylic acids is 1. The number of hydrogen-bond donors (Lipinski definition) is 5. The summed E-state index contributed by atoms with van der Waals surface area (Å²) in [5.41, 5.74) is 6.76. The van der Waals surface area contributed by atoms with Gasteiger partial charge in [-0.3, -0.25) is 14.4 Å². The van der Waals surface area contributed by atoms with Gasteiger partial charge in [0.15, 0.2) is 0 Å². The zero-order chi connectivity index (χ0) is 27.0. The normalized spacial score (nSPS) is 18.8. The first-order valence-electron chi connectivity index (χ1n) is 12.6. The van der Waals surface area contributed by atoms with E-state index in [0.29, 0.717) is 37.8 Å². The number of phenolic OH excluding ortho intramolecular Hbond substituents is 1. The number of aromatic hydroxyl groups is 1. The molecule has 5 unspecified atom stereocenters. The molecule has 200 valence electrons. The largest absolute Gasteiger partial charge is 0.508 e. The number of amides is 3. The van der Waals surface area contributed by atoms with Gasteiger partial charge in [-0.05, 0) is 48.8 Å². The molecule has 0 saturated carbocycles. The molecule has 0 bridgehead atoms. The molecule has 10 nitrogen and oxygen atoms in total. The number of nitrogens with two attached hydrogens (primary N) is 1. The summed E-state index contributed by atoms with van der Waals surface area (Å²) in [4.78, 5) is 52.6. The lowest BCUT2D eigenvalue weighted by atomic mass is 9.98. The van der Waals surface area contributed by atoms with Crippen molar-refractivity contribution in [2.45, 2.75) is 84.0 Å². The number of hydrogen-bond acceptors (Lipinski definition) is 6. The predicted molar refractivity (Wildman–Crippen MR) is 135 cm³/mol. The van der Waals surface area contributed by atoms with Crippen LogP contribution < -0.4 is 16.4 Å². The molecule has 1 heterocycles. The van der Waals surface area contributed by atoms with Gasteiger partial charge < -0.3 is 31.5 Å². The Hall–Kier alpha value is -3.14. The van der Waals surface area contributed by atoms with Crippen molar-refractivity contribution in [2.75, 3.05) is 6.54 Å². The lowest BCUT2D eigenvalue weighted by Crippen LogP contribution is -2.57. The van der Waals surface area contributed by atoms with Gasteiger partial charge in [0.05, 0.1) is 6.04 Å². The smallest absolute Gasteiger partial charge is 0.326 e. The number of aliphatic carboxylic acids is 1. The van der Waals surface area contributed by atoms with E-state index in [1.165, 1.54) is 17.0 Å². The van der Waals surface area contributed by atoms with Gasteiger partial charge in [0.2, 0.25) is 17.7 Å². The van der Waals surface area contributed by atoms with Crippen LogP contribution in [0.15, 0.2) is 24.3 Å². The molecule has 0 aliphatic carbocycles. The molecule has 1 aromatic carbocycles. The van der Waals surface area contributed by atoms with Gasteiger partial charge in [-0.2, -0.15) is 0 Å². The number of nitrogens with one attached hydrogen (secondary N) is 2. The second kappa shape index (κ2) is 13.2. The summed E-state index contributed by atoms with van der Waals surface area (Å²) in [5.74, 6) is -2.53. The van der Waals surface area contributed by atoms with E-state index in [-0.39, 0.29) is 24.0 Å². The molecule has 1 saturated heterocycles. The van der Waals surface area contributed by atoms with Crippen molar-refractivity contribution in [1.29, 1.82) is 0 Å². The fourth-order valence-corrected chi connectivity index (χ4v) is 4.40. The number of likely N-dealkylation sites (tertiary alicyclic amines) is 1. The Bertz CT molecular complexity index is 920. The summed E-state index contributed by atoms with van der Waals surface area (Å²) in [6, 6.07) is 2.67. The average Bonchev–Trinajstić information content (AvgIpc) is 3.31. The topological polar surface area (TPSA) is 162 Å². The second-order valence-electron chi connectivity index (χ2n) is 10.1. The van der Waals surface area contributed by atoms with Gasteiger partial charge in [0, 0.05) is 13.0 Å². The van der Waals surface area contributed by atoms with Crippen LogP contribution in [-0.4, -0.2) is 69.5 Å². The summed E-state index contributed by atoms with van der Waals surface area (Å²) in [6.45, 7) is 7.81. The van der Waals surface area contributed by atoms with E-state index in [9.17, 15) is 29.4 Å². The van der Waals surface area contributed by atoms with Gasteiger partial charge in [-0.1, -0.05) is 46.2 Å². The molecule has 0 spiro atoms. The van der Waals surface area contributed by atoms with Crippen LogP contribution in [0.2, 0.25) is 0 Å². The zero-order valence-corrected chi connectivity index (χ0v) is 21.6. The lowest BCUT2D eigenvalue weighted by molar-refractivity contribution is -0.146. The maximum Gasteiger partial charge on any atom is 0.326 e. The highest BCUT2D eigenvalue weighted by Crippen LogP contribution is 2.21. The van der Waals surface area contributed by atoms with Crippen LogP contribution in [0.4, 0.5) is 0 Å². The molecule has 1 aliphatic heterocycles. The van der Waals surface area contributed by atoms with Crippen molar-refractivity contribution in [3.63, 3.8) is 0 Å². The minimum atomic E-state index is -1.12. The average molecular weight is 505 g/mol. The molecule has 1 fully saturated rings. The third-order valence-electron chi connectivity index (χ3n) is 6.67. The van der Waals surface area contributed by atoms with Crippen LogP contribution in [0.5, 0.6) is 5.75 Å². The Morgan fingerprint density at radius 3 is 2.31 bits per heavy atom. The molecular formula is C26H40N4O6. The molecule has 1 aromatic rings. The van der Waals surface area contributed by atoms with Gasteiger partial charge in [0.1, 0.15) is 23.9 Å². The predicted octanol–water partition coefficient (Wildman–Crippen LogP) is 1.40. The maximum absolute atomic E-state index is 13.6. The van der Waals surface area contributed by atoms with Crippen molar-refractivity contribution in [3.8, 4) is 5.75 Å². The van der Waals surface area contributed by atoms with Crippen LogP contribution in [0, 0.1) is 11.8 Å². The van der Waals surface area contributed by atoms with E-state index in [1.54, 1.807) is 19.1 Å². The summed E-state index contributed by atoms with van der Waals surface area (Å²) in [5, 5.41) is 24.5. The Morgan fingerprint density at radius 1 is 1.11 bits per heavy atom. The van der Waals surface area contributed by atoms with Crippen LogP contribution in [0.1, 0.15) is 58.9 Å². The molecule has 36 heavy (non-hydrogen) atoms. The van der Waals surface area contributed by atoms with Crippen molar-refractivity contribution >= 4 is 23.7 Å². The van der Waals surface area contributed by atoms with Crippen LogP contribution >= 0.6 is 0 Å². The summed E-state index contributed by atoms with van der Waals surface area (Å²) < 4.78 is 0. The van der Waals surface area contributed by atoms with Gasteiger partial charge in [0.25, 0.3) is 0 Å². The van der Waals surface area contributed by atoms with Crippen LogP contribution in [0.25, 0.3) is 0 Å². The molecule has 0 radical (unpaired) electrons. The Balaban J connectivity index is 2.24. The Morgan fingerprint density at radius 2 is 1.75 bits per heavy atom. The van der Waals surface area contributed by atoms with E-state index in [4.69, 9.17) is 5.73 Å². The monoisotopic (exact) mass is 504 g/mol. The zero-order valence-electron chi connectivity index (χ0n) is 21.6. The van der Waals surface area contributed by atoms with Crippen molar-refractivity contribution in [2.24, 2.45) is 17.6 Å². The fourth-order valence-electron chi connectivity index (χ4n) is 4.40. The summed E-state index contributed by atoms with van der Waals surface area (Å²) >= 11 is 0. The minimum absolute atomic E-state index is 0.0789. The quantitative estimate of drug-likeness (QED) is 0.287. The number of nitrogens with zero attached hydrogens (tertiary/aromatic N) is 1. The van der Waals surface area contributed by atoms with Crippen molar-refractivity contribution < 1.29 is 29.4 Å². The maximum atomic E-state index is 13.6. The molecule has 5 atom stereocenters. The SMILES string of the molecule is CCC(C)C(NC(=O)C1CCCN1C(=O)C(Cc1ccc(O)cc1)NC(=O)C(N)CC(C)C)C(=O)O. The minimum Gasteiger partial charge on any atom is -0.508 e. The molecule has 2 rings (SSSR count). The number of carbonyl (C=O) groups is 4. The number of rotatable bonds is 12. The van der Waals surface area contributed by atoms with Gasteiger partial charge in [-0.15, -0.1) is 0 Å².